The van der Waals surface area contributed by atoms with Crippen LogP contribution in [0, 0.1) is 13.8 Å². The van der Waals surface area contributed by atoms with Crippen LogP contribution < -0.4 is 0 Å². The average molecular weight is 343 g/mol. The van der Waals surface area contributed by atoms with Gasteiger partial charge in [-0.1, -0.05) is 0 Å². The minimum absolute atomic E-state index is 0.0309. The van der Waals surface area contributed by atoms with E-state index < -0.39 is 0 Å². The monoisotopic (exact) mass is 342 g/mol. The Hall–Kier alpha value is -1.30. The average Bonchev–Trinajstić information content (AvgIpc) is 2.60. The highest BCUT2D eigenvalue weighted by Crippen LogP contribution is 2.28. The second-order valence-electron chi connectivity index (χ2n) is 5.06. The Morgan fingerprint density at radius 3 is 2.20 bits per heavy atom. The quantitative estimate of drug-likeness (QED) is 0.787. The summed E-state index contributed by atoms with van der Waals surface area (Å²) < 4.78 is 6.22. The van der Waals surface area contributed by atoms with Gasteiger partial charge in [-0.2, -0.15) is 0 Å². The Bertz CT molecular complexity index is 539. The molecule has 0 aliphatic carbocycles. The summed E-state index contributed by atoms with van der Waals surface area (Å²) in [6.07, 6.45) is 0.804. The van der Waals surface area contributed by atoms with Crippen molar-refractivity contribution in [3.63, 3.8) is 0 Å². The largest absolute Gasteiger partial charge is 0.465 e. The van der Waals surface area contributed by atoms with Crippen molar-refractivity contribution >= 4 is 27.7 Å². The molecule has 110 valence electrons. The molecule has 0 unspecified atom stereocenters. The van der Waals surface area contributed by atoms with E-state index in [2.05, 4.69) is 15.9 Å². The van der Waals surface area contributed by atoms with Gasteiger partial charge in [-0.3, -0.25) is 9.59 Å². The van der Waals surface area contributed by atoms with Gasteiger partial charge in [0.05, 0.1) is 10.0 Å². The van der Waals surface area contributed by atoms with Crippen LogP contribution in [-0.2, 0) is 4.79 Å². The summed E-state index contributed by atoms with van der Waals surface area (Å²) in [5.41, 5.74) is 0.596. The molecule has 1 saturated heterocycles. The van der Waals surface area contributed by atoms with Gasteiger partial charge in [-0.15, -0.1) is 0 Å². The van der Waals surface area contributed by atoms with Crippen molar-refractivity contribution in [1.82, 2.24) is 9.80 Å². The smallest absolute Gasteiger partial charge is 0.258 e. The third-order valence-electron chi connectivity index (χ3n) is 3.63. The second-order valence-corrected chi connectivity index (χ2v) is 5.85. The van der Waals surface area contributed by atoms with Gasteiger partial charge in [-0.25, -0.2) is 0 Å². The normalized spacial score (nSPS) is 16.2. The summed E-state index contributed by atoms with van der Waals surface area (Å²) in [5.74, 6) is 1.38. The van der Waals surface area contributed by atoms with E-state index >= 15 is 0 Å². The molecule has 1 aromatic rings. The number of carbonyl (C=O) groups is 2. The minimum atomic E-state index is -0.0309. The molecule has 6 heteroatoms. The summed E-state index contributed by atoms with van der Waals surface area (Å²) in [5, 5.41) is 0. The lowest BCUT2D eigenvalue weighted by Crippen LogP contribution is -2.36. The molecule has 1 aromatic heterocycles. The molecule has 0 saturated carbocycles. The van der Waals surface area contributed by atoms with Gasteiger partial charge in [-0.05, 0) is 36.2 Å². The first-order valence-electron chi connectivity index (χ1n) is 6.72. The van der Waals surface area contributed by atoms with E-state index in [0.717, 1.165) is 10.9 Å². The van der Waals surface area contributed by atoms with Gasteiger partial charge < -0.3 is 14.2 Å². The molecule has 0 bridgehead atoms. The molecule has 0 aromatic carbocycles. The first-order valence-corrected chi connectivity index (χ1v) is 7.51. The highest BCUT2D eigenvalue weighted by atomic mass is 79.9. The number of hydrogen-bond acceptors (Lipinski definition) is 3. The number of aryl methyl sites for hydroxylation is 2. The zero-order valence-electron chi connectivity index (χ0n) is 12.0. The lowest BCUT2D eigenvalue weighted by Gasteiger charge is -2.21. The predicted octanol–water partition coefficient (Wildman–Crippen LogP) is 2.35. The third kappa shape index (κ3) is 2.90. The van der Waals surface area contributed by atoms with Crippen LogP contribution in [0.5, 0.6) is 0 Å². The zero-order chi connectivity index (χ0) is 14.9. The predicted molar refractivity (Wildman–Crippen MR) is 78.7 cm³/mol. The Morgan fingerprint density at radius 2 is 1.65 bits per heavy atom. The molecule has 2 rings (SSSR count). The molecule has 2 amide bonds. The number of carbonyl (C=O) groups excluding carboxylic acids is 2. The molecule has 5 nitrogen and oxygen atoms in total. The van der Waals surface area contributed by atoms with Gasteiger partial charge in [0.1, 0.15) is 11.5 Å². The third-order valence-corrected chi connectivity index (χ3v) is 4.58. The molecule has 0 spiro atoms. The first-order chi connectivity index (χ1) is 9.41. The molecule has 1 aliphatic rings. The summed E-state index contributed by atoms with van der Waals surface area (Å²) in [7, 11) is 0. The van der Waals surface area contributed by atoms with Crippen LogP contribution in [0.2, 0.25) is 0 Å². The Balaban J connectivity index is 2.15. The van der Waals surface area contributed by atoms with Crippen LogP contribution in [0.25, 0.3) is 0 Å². The van der Waals surface area contributed by atoms with Crippen molar-refractivity contribution in [1.29, 1.82) is 0 Å². The number of nitrogens with zero attached hydrogens (tertiary/aromatic N) is 2. The van der Waals surface area contributed by atoms with Crippen molar-refractivity contribution in [3.8, 4) is 0 Å². The summed E-state index contributed by atoms with van der Waals surface area (Å²) in [6, 6.07) is 0. The molecule has 1 aliphatic heterocycles. The van der Waals surface area contributed by atoms with Crippen LogP contribution in [-0.4, -0.2) is 47.8 Å². The van der Waals surface area contributed by atoms with E-state index in [1.807, 2.05) is 6.92 Å². The number of amides is 2. The van der Waals surface area contributed by atoms with Gasteiger partial charge in [0.15, 0.2) is 0 Å². The fraction of sp³-hybridized carbons (Fsp3) is 0.571. The molecule has 2 heterocycles. The van der Waals surface area contributed by atoms with E-state index in [1.165, 1.54) is 0 Å². The van der Waals surface area contributed by atoms with Crippen molar-refractivity contribution in [3.05, 3.63) is 21.6 Å². The van der Waals surface area contributed by atoms with Crippen molar-refractivity contribution in [2.24, 2.45) is 0 Å². The second kappa shape index (κ2) is 5.99. The Labute approximate surface area is 127 Å². The molecular formula is C14H19BrN2O3. The van der Waals surface area contributed by atoms with E-state index in [4.69, 9.17) is 4.42 Å². The molecule has 0 N–H and O–H groups in total. The van der Waals surface area contributed by atoms with Gasteiger partial charge in [0.2, 0.25) is 5.91 Å². The van der Waals surface area contributed by atoms with Crippen molar-refractivity contribution in [2.75, 3.05) is 26.2 Å². The van der Waals surface area contributed by atoms with E-state index in [0.29, 0.717) is 43.3 Å². The zero-order valence-corrected chi connectivity index (χ0v) is 13.6. The molecule has 1 fully saturated rings. The van der Waals surface area contributed by atoms with E-state index in [-0.39, 0.29) is 11.8 Å². The highest BCUT2D eigenvalue weighted by molar-refractivity contribution is 9.10. The number of halogens is 1. The lowest BCUT2D eigenvalue weighted by atomic mass is 10.2. The molecule has 20 heavy (non-hydrogen) atoms. The van der Waals surface area contributed by atoms with Crippen LogP contribution in [0.15, 0.2) is 8.89 Å². The Morgan fingerprint density at radius 1 is 1.05 bits per heavy atom. The van der Waals surface area contributed by atoms with Crippen molar-refractivity contribution in [2.45, 2.75) is 27.2 Å². The SMILES string of the molecule is CC(=O)N1CCCN(C(=O)c2c(C)oc(C)c2Br)CC1. The van der Waals surface area contributed by atoms with Crippen molar-refractivity contribution < 1.29 is 14.0 Å². The molecule has 0 radical (unpaired) electrons. The van der Waals surface area contributed by atoms with Crippen LogP contribution in [0.3, 0.4) is 0 Å². The topological polar surface area (TPSA) is 53.8 Å². The van der Waals surface area contributed by atoms with E-state index in [1.54, 1.807) is 23.6 Å². The Kier molecular flexibility index (Phi) is 4.52. The van der Waals surface area contributed by atoms with E-state index in [9.17, 15) is 9.59 Å². The summed E-state index contributed by atoms with van der Waals surface area (Å²) in [4.78, 5) is 27.6. The van der Waals surface area contributed by atoms with Crippen LogP contribution in [0.1, 0.15) is 35.2 Å². The van der Waals surface area contributed by atoms with Gasteiger partial charge >= 0.3 is 0 Å². The fourth-order valence-electron chi connectivity index (χ4n) is 2.49. The maximum Gasteiger partial charge on any atom is 0.258 e. The fourth-order valence-corrected chi connectivity index (χ4v) is 3.02. The highest BCUT2D eigenvalue weighted by Gasteiger charge is 2.26. The lowest BCUT2D eigenvalue weighted by molar-refractivity contribution is -0.128. The summed E-state index contributed by atoms with van der Waals surface area (Å²) in [6.45, 7) is 7.72. The standard InChI is InChI=1S/C14H19BrN2O3/c1-9-12(13(15)10(2)20-9)14(19)17-6-4-5-16(7-8-17)11(3)18/h4-8H2,1-3H3. The molecular weight excluding hydrogens is 324 g/mol. The first kappa shape index (κ1) is 15.1. The summed E-state index contributed by atoms with van der Waals surface area (Å²) >= 11 is 3.42. The maximum absolute atomic E-state index is 12.6. The minimum Gasteiger partial charge on any atom is -0.465 e. The van der Waals surface area contributed by atoms with Gasteiger partial charge in [0.25, 0.3) is 5.91 Å². The van der Waals surface area contributed by atoms with Crippen LogP contribution >= 0.6 is 15.9 Å². The maximum atomic E-state index is 12.6. The van der Waals surface area contributed by atoms with Crippen LogP contribution in [0.4, 0.5) is 0 Å². The molecule has 0 atom stereocenters. The van der Waals surface area contributed by atoms with Gasteiger partial charge in [0, 0.05) is 33.1 Å². The number of furan rings is 1. The number of hydrogen-bond donors (Lipinski definition) is 0. The number of rotatable bonds is 1.